The Morgan fingerprint density at radius 2 is 1.95 bits per heavy atom. The van der Waals surface area contributed by atoms with Gasteiger partial charge in [-0.1, -0.05) is 13.0 Å². The first-order valence-corrected chi connectivity index (χ1v) is 12.5. The molecule has 3 aromatic heterocycles. The van der Waals surface area contributed by atoms with Crippen LogP contribution in [0.5, 0.6) is 6.01 Å². The molecule has 1 aliphatic rings. The van der Waals surface area contributed by atoms with Crippen LogP contribution in [0, 0.1) is 5.82 Å². The number of halogens is 1. The molecule has 40 heavy (non-hydrogen) atoms. The zero-order valence-electron chi connectivity index (χ0n) is 22.3. The Morgan fingerprint density at radius 1 is 1.18 bits per heavy atom. The molecular formula is C27H27FN8O4. The molecular weight excluding hydrogens is 519 g/mol. The van der Waals surface area contributed by atoms with Crippen molar-refractivity contribution in [3.63, 3.8) is 0 Å². The molecule has 1 aliphatic heterocycles. The van der Waals surface area contributed by atoms with Crippen LogP contribution in [0.25, 0.3) is 16.9 Å². The number of pyridine rings is 2. The van der Waals surface area contributed by atoms with Crippen molar-refractivity contribution < 1.29 is 18.7 Å². The second-order valence-corrected chi connectivity index (χ2v) is 9.31. The van der Waals surface area contributed by atoms with E-state index < -0.39 is 23.4 Å². The Balaban J connectivity index is 1.53. The highest BCUT2D eigenvalue weighted by molar-refractivity contribution is 6.07. The van der Waals surface area contributed by atoms with E-state index in [1.165, 1.54) is 40.8 Å². The average molecular weight is 547 g/mol. The molecule has 0 unspecified atom stereocenters. The van der Waals surface area contributed by atoms with E-state index in [0.717, 1.165) is 4.68 Å². The van der Waals surface area contributed by atoms with Crippen LogP contribution >= 0.6 is 0 Å². The highest BCUT2D eigenvalue weighted by Crippen LogP contribution is 2.34. The molecule has 2 N–H and O–H groups in total. The normalized spacial score (nSPS) is 15.1. The van der Waals surface area contributed by atoms with Crippen LogP contribution in [0.4, 0.5) is 20.7 Å². The maximum atomic E-state index is 16.1. The van der Waals surface area contributed by atoms with Gasteiger partial charge in [0.25, 0.3) is 0 Å². The lowest BCUT2D eigenvalue weighted by Crippen LogP contribution is -2.34. The number of aryl methyl sites for hydroxylation is 2. The molecule has 0 bridgehead atoms. The van der Waals surface area contributed by atoms with Crippen LogP contribution in [-0.4, -0.2) is 56.0 Å². The SMILES string of the molecule is CCc1cc(-c2ccc(-n3c(OC)nn(C)c3=O)cn2)c(F)c(N2C[C@H](C)N(c3cccc(C(N)=O)c3)C2=O)n1. The third-order valence-corrected chi connectivity index (χ3v) is 6.70. The fourth-order valence-corrected chi connectivity index (χ4v) is 4.68. The molecule has 1 fully saturated rings. The van der Waals surface area contributed by atoms with E-state index in [4.69, 9.17) is 10.5 Å². The number of rotatable bonds is 7. The molecule has 5 rings (SSSR count). The number of methoxy groups -OCH3 is 1. The maximum absolute atomic E-state index is 16.1. The van der Waals surface area contributed by atoms with Crippen LogP contribution in [-0.2, 0) is 13.5 Å². The Bertz CT molecular complexity index is 1680. The molecule has 4 heterocycles. The summed E-state index contributed by atoms with van der Waals surface area (Å²) in [5.74, 6) is -1.44. The van der Waals surface area contributed by atoms with Gasteiger partial charge in [0, 0.05) is 36.1 Å². The highest BCUT2D eigenvalue weighted by Gasteiger charge is 2.39. The Morgan fingerprint density at radius 3 is 2.60 bits per heavy atom. The van der Waals surface area contributed by atoms with E-state index >= 15 is 4.39 Å². The summed E-state index contributed by atoms with van der Waals surface area (Å²) in [5.41, 5.74) is 7.13. The molecule has 1 aromatic carbocycles. The van der Waals surface area contributed by atoms with Gasteiger partial charge in [0.05, 0.1) is 30.7 Å². The predicted molar refractivity (Wildman–Crippen MR) is 145 cm³/mol. The number of primary amides is 1. The molecule has 13 heteroatoms. The summed E-state index contributed by atoms with van der Waals surface area (Å²) in [6.07, 6.45) is 1.91. The van der Waals surface area contributed by atoms with Gasteiger partial charge in [-0.25, -0.2) is 28.2 Å². The third kappa shape index (κ3) is 4.44. The van der Waals surface area contributed by atoms with Gasteiger partial charge in [-0.2, -0.15) is 0 Å². The van der Waals surface area contributed by atoms with Gasteiger partial charge in [0.2, 0.25) is 5.91 Å². The maximum Gasteiger partial charge on any atom is 0.353 e. The molecule has 1 saturated heterocycles. The number of carbonyl (C=O) groups is 2. The number of anilines is 2. The van der Waals surface area contributed by atoms with Gasteiger partial charge in [-0.15, -0.1) is 5.10 Å². The van der Waals surface area contributed by atoms with E-state index in [9.17, 15) is 14.4 Å². The minimum absolute atomic E-state index is 0.0836. The quantitative estimate of drug-likeness (QED) is 0.376. The van der Waals surface area contributed by atoms with Crippen molar-refractivity contribution in [2.45, 2.75) is 26.3 Å². The zero-order chi connectivity index (χ0) is 28.7. The molecule has 3 amide bonds. The molecule has 4 aromatic rings. The predicted octanol–water partition coefficient (Wildman–Crippen LogP) is 2.67. The topological polar surface area (TPSA) is 141 Å². The largest absolute Gasteiger partial charge is 0.467 e. The van der Waals surface area contributed by atoms with E-state index in [1.54, 1.807) is 36.4 Å². The minimum Gasteiger partial charge on any atom is -0.467 e. The van der Waals surface area contributed by atoms with E-state index in [0.29, 0.717) is 29.2 Å². The van der Waals surface area contributed by atoms with Gasteiger partial charge in [0.15, 0.2) is 11.6 Å². The summed E-state index contributed by atoms with van der Waals surface area (Å²) >= 11 is 0. The number of hydrogen-bond acceptors (Lipinski definition) is 7. The summed E-state index contributed by atoms with van der Waals surface area (Å²) in [7, 11) is 2.90. The van der Waals surface area contributed by atoms with Crippen LogP contribution in [0.1, 0.15) is 29.9 Å². The number of ether oxygens (including phenoxy) is 1. The number of amides is 3. The van der Waals surface area contributed by atoms with Gasteiger partial charge < -0.3 is 10.5 Å². The van der Waals surface area contributed by atoms with Crippen LogP contribution in [0.15, 0.2) is 53.5 Å². The van der Waals surface area contributed by atoms with E-state index in [1.807, 2.05) is 13.8 Å². The summed E-state index contributed by atoms with van der Waals surface area (Å²) in [6.45, 7) is 3.87. The second kappa shape index (κ2) is 10.2. The van der Waals surface area contributed by atoms with Crippen molar-refractivity contribution in [2.24, 2.45) is 12.8 Å². The molecule has 206 valence electrons. The minimum atomic E-state index is -0.707. The van der Waals surface area contributed by atoms with Crippen molar-refractivity contribution in [3.05, 3.63) is 76.2 Å². The summed E-state index contributed by atoms with van der Waals surface area (Å²) in [5, 5.41) is 4.02. The van der Waals surface area contributed by atoms with Crippen LogP contribution in [0.2, 0.25) is 0 Å². The summed E-state index contributed by atoms with van der Waals surface area (Å²) in [4.78, 5) is 49.3. The number of benzene rings is 1. The fourth-order valence-electron chi connectivity index (χ4n) is 4.68. The van der Waals surface area contributed by atoms with Crippen LogP contribution < -0.4 is 26.0 Å². The van der Waals surface area contributed by atoms with Gasteiger partial charge in [-0.05, 0) is 49.7 Å². The standard InChI is InChI=1S/C27H27FN8O4/c1-5-17-12-20(21-10-9-19(13-30-21)36-25(40-4)32-33(3)26(36)38)22(28)24(31-17)34-14-15(2)35(27(34)39)18-8-6-7-16(11-18)23(29)37/h6-13,15H,5,14H2,1-4H3,(H2,29,37)/t15-/m0/s1. The summed E-state index contributed by atoms with van der Waals surface area (Å²) in [6, 6.07) is 10.5. The smallest absolute Gasteiger partial charge is 0.353 e. The molecule has 0 saturated carbocycles. The monoisotopic (exact) mass is 546 g/mol. The van der Waals surface area contributed by atoms with Crippen molar-refractivity contribution in [3.8, 4) is 23.0 Å². The number of urea groups is 1. The Kier molecular flexibility index (Phi) is 6.80. The average Bonchev–Trinajstić information content (AvgIpc) is 3.42. The second-order valence-electron chi connectivity index (χ2n) is 9.31. The number of aromatic nitrogens is 5. The molecule has 0 aliphatic carbocycles. The van der Waals surface area contributed by atoms with Crippen molar-refractivity contribution in [1.29, 1.82) is 0 Å². The number of carbonyl (C=O) groups excluding carboxylic acids is 2. The Hall–Kier alpha value is -5.07. The number of hydrogen-bond donors (Lipinski definition) is 1. The van der Waals surface area contributed by atoms with Gasteiger partial charge in [0.1, 0.15) is 0 Å². The van der Waals surface area contributed by atoms with Crippen molar-refractivity contribution in [2.75, 3.05) is 23.5 Å². The molecule has 0 radical (unpaired) electrons. The highest BCUT2D eigenvalue weighted by atomic mass is 19.1. The third-order valence-electron chi connectivity index (χ3n) is 6.70. The van der Waals surface area contributed by atoms with E-state index in [-0.39, 0.29) is 35.5 Å². The zero-order valence-corrected chi connectivity index (χ0v) is 22.3. The number of nitrogens with two attached hydrogens (primary N) is 1. The first-order chi connectivity index (χ1) is 19.1. The lowest BCUT2D eigenvalue weighted by molar-refractivity contribution is 0.1000. The van der Waals surface area contributed by atoms with Crippen molar-refractivity contribution >= 4 is 23.4 Å². The molecule has 0 spiro atoms. The molecule has 1 atom stereocenters. The number of nitrogens with zero attached hydrogens (tertiary/aromatic N) is 7. The van der Waals surface area contributed by atoms with E-state index in [2.05, 4.69) is 15.1 Å². The van der Waals surface area contributed by atoms with Crippen LogP contribution in [0.3, 0.4) is 0 Å². The molecule has 12 nitrogen and oxygen atoms in total. The first kappa shape index (κ1) is 26.5. The van der Waals surface area contributed by atoms with Gasteiger partial charge in [-0.3, -0.25) is 19.6 Å². The fraction of sp³-hybridized carbons (Fsp3) is 0.259. The lowest BCUT2D eigenvalue weighted by atomic mass is 10.1. The van der Waals surface area contributed by atoms with Gasteiger partial charge >= 0.3 is 17.7 Å². The Labute approximate surface area is 228 Å². The lowest BCUT2D eigenvalue weighted by Gasteiger charge is -2.21. The first-order valence-electron chi connectivity index (χ1n) is 12.5. The summed E-state index contributed by atoms with van der Waals surface area (Å²) < 4.78 is 23.6. The van der Waals surface area contributed by atoms with Crippen molar-refractivity contribution in [1.82, 2.24) is 24.3 Å².